The van der Waals surface area contributed by atoms with Crippen LogP contribution in [0.1, 0.15) is 37.7 Å². The molecule has 3 fully saturated rings. The van der Waals surface area contributed by atoms with Gasteiger partial charge < -0.3 is 29.7 Å². The molecule has 1 spiro atoms. The van der Waals surface area contributed by atoms with E-state index in [1.807, 2.05) is 12.1 Å². The molecule has 3 aromatic rings. The monoisotopic (exact) mass is 638 g/mol. The van der Waals surface area contributed by atoms with Crippen LogP contribution in [0.3, 0.4) is 0 Å². The van der Waals surface area contributed by atoms with Gasteiger partial charge in [-0.3, -0.25) is 9.88 Å². The molecule has 2 aromatic carbocycles. The molecule has 1 saturated carbocycles. The van der Waals surface area contributed by atoms with Gasteiger partial charge in [-0.2, -0.15) is 5.26 Å². The van der Waals surface area contributed by atoms with E-state index in [1.54, 1.807) is 19.2 Å². The Morgan fingerprint density at radius 3 is 2.45 bits per heavy atom. The third kappa shape index (κ3) is 6.51. The number of hydrogen-bond acceptors (Lipinski definition) is 9. The Bertz CT molecular complexity index is 1520. The minimum absolute atomic E-state index is 0.362. The van der Waals surface area contributed by atoms with Gasteiger partial charge >= 0.3 is 0 Å². The Balaban J connectivity index is 1.06. The summed E-state index contributed by atoms with van der Waals surface area (Å²) in [5, 5.41) is 18.1. The first kappa shape index (κ1) is 31.0. The molecule has 11 heteroatoms. The second-order valence-electron chi connectivity index (χ2n) is 12.2. The molecule has 0 amide bonds. The number of halogens is 2. The quantitative estimate of drug-likeness (QED) is 0.256. The van der Waals surface area contributed by atoms with E-state index in [0.717, 1.165) is 32.1 Å². The molecule has 0 unspecified atom stereocenters. The highest BCUT2D eigenvalue weighted by molar-refractivity contribution is 6.37. The lowest BCUT2D eigenvalue weighted by atomic mass is 9.60. The van der Waals surface area contributed by atoms with Gasteiger partial charge in [-0.1, -0.05) is 23.2 Å². The van der Waals surface area contributed by atoms with Crippen LogP contribution in [0.25, 0.3) is 10.9 Å². The summed E-state index contributed by atoms with van der Waals surface area (Å²) in [5.41, 5.74) is 2.77. The van der Waals surface area contributed by atoms with E-state index in [1.165, 1.54) is 65.2 Å². The zero-order chi connectivity index (χ0) is 30.7. The summed E-state index contributed by atoms with van der Waals surface area (Å²) in [6.45, 7) is 8.54. The first-order valence-electron chi connectivity index (χ1n) is 15.4. The highest BCUT2D eigenvalue weighted by atomic mass is 35.5. The Kier molecular flexibility index (Phi) is 9.55. The van der Waals surface area contributed by atoms with Crippen LogP contribution in [0.4, 0.5) is 11.4 Å². The first-order valence-corrected chi connectivity index (χ1v) is 16.2. The van der Waals surface area contributed by atoms with E-state index in [-0.39, 0.29) is 0 Å². The van der Waals surface area contributed by atoms with Crippen molar-refractivity contribution < 1.29 is 14.2 Å². The fraction of sp³-hybridized carbons (Fsp3) is 0.515. The molecule has 1 aromatic heterocycles. The lowest BCUT2D eigenvalue weighted by Gasteiger charge is -2.55. The number of benzene rings is 2. The van der Waals surface area contributed by atoms with E-state index < -0.39 is 0 Å². The standard InChI is InChI=1S/C33H40Cl2N6O3/c1-42-29-17-28(25(34)15-26(29)35)39-32-22(20-36)21-38-27-16-31(30(43-2)14-24(27)32)44-13-3-8-40-9-11-41(12-10-40)23-18-33(19-23)4-6-37-7-5-33/h14-17,21,23,37H,3-13,18-19H2,1-2H3,(H,38,39). The number of rotatable bonds is 10. The van der Waals surface area contributed by atoms with Gasteiger partial charge in [0.15, 0.2) is 11.5 Å². The molecule has 44 heavy (non-hydrogen) atoms. The van der Waals surface area contributed by atoms with Crippen LogP contribution < -0.4 is 24.8 Å². The summed E-state index contributed by atoms with van der Waals surface area (Å²) in [4.78, 5) is 9.81. The molecule has 6 rings (SSSR count). The summed E-state index contributed by atoms with van der Waals surface area (Å²) in [5.74, 6) is 1.66. The van der Waals surface area contributed by atoms with E-state index in [9.17, 15) is 5.26 Å². The Morgan fingerprint density at radius 2 is 1.75 bits per heavy atom. The Labute approximate surface area is 269 Å². The summed E-state index contributed by atoms with van der Waals surface area (Å²) in [7, 11) is 3.14. The van der Waals surface area contributed by atoms with Crippen molar-refractivity contribution in [3.63, 3.8) is 0 Å². The fourth-order valence-corrected chi connectivity index (χ4v) is 7.50. The number of piperazine rings is 1. The van der Waals surface area contributed by atoms with Gasteiger partial charge in [-0.25, -0.2) is 0 Å². The molecule has 2 aliphatic heterocycles. The van der Waals surface area contributed by atoms with Crippen molar-refractivity contribution in [3.8, 4) is 23.3 Å². The van der Waals surface area contributed by atoms with Crippen LogP contribution >= 0.6 is 23.2 Å². The molecule has 1 aliphatic carbocycles. The number of nitriles is 1. The predicted octanol–water partition coefficient (Wildman–Crippen LogP) is 6.09. The van der Waals surface area contributed by atoms with Crippen molar-refractivity contribution >= 4 is 45.5 Å². The van der Waals surface area contributed by atoms with Crippen molar-refractivity contribution in [3.05, 3.63) is 46.1 Å². The molecular weight excluding hydrogens is 599 g/mol. The topological polar surface area (TPSA) is 94.9 Å². The smallest absolute Gasteiger partial charge is 0.163 e. The van der Waals surface area contributed by atoms with Gasteiger partial charge in [0, 0.05) is 62.5 Å². The van der Waals surface area contributed by atoms with Gasteiger partial charge in [0.05, 0.1) is 53.3 Å². The highest BCUT2D eigenvalue weighted by Crippen LogP contribution is 2.50. The molecule has 3 aliphatic rings. The number of aromatic nitrogens is 1. The first-order chi connectivity index (χ1) is 21.4. The molecule has 0 bridgehead atoms. The zero-order valence-corrected chi connectivity index (χ0v) is 26.9. The van der Waals surface area contributed by atoms with Gasteiger partial charge in [-0.15, -0.1) is 0 Å². The van der Waals surface area contributed by atoms with E-state index in [2.05, 4.69) is 31.5 Å². The highest BCUT2D eigenvalue weighted by Gasteiger charge is 2.46. The van der Waals surface area contributed by atoms with E-state index in [0.29, 0.717) is 67.2 Å². The number of nitrogens with one attached hydrogen (secondary N) is 2. The molecule has 234 valence electrons. The summed E-state index contributed by atoms with van der Waals surface area (Å²) in [6, 6.07) is 10.0. The molecular formula is C33H40Cl2N6O3. The number of anilines is 2. The summed E-state index contributed by atoms with van der Waals surface area (Å²) in [6.07, 6.45) is 7.96. The number of hydrogen-bond donors (Lipinski definition) is 2. The molecule has 3 heterocycles. The minimum Gasteiger partial charge on any atom is -0.495 e. The van der Waals surface area contributed by atoms with Crippen molar-refractivity contribution in [2.24, 2.45) is 5.41 Å². The second-order valence-corrected chi connectivity index (χ2v) is 13.0. The third-order valence-electron chi connectivity index (χ3n) is 9.58. The lowest BCUT2D eigenvalue weighted by Crippen LogP contribution is -2.58. The van der Waals surface area contributed by atoms with E-state index >= 15 is 0 Å². The SMILES string of the molecule is COc1cc(Nc2c(C#N)cnc3cc(OCCCN4CCN(C5CC6(CCNCC6)C5)CC4)c(OC)cc23)c(Cl)cc1Cl. The normalized spacial score (nSPS) is 19.0. The number of ether oxygens (including phenoxy) is 3. The molecule has 0 atom stereocenters. The largest absolute Gasteiger partial charge is 0.495 e. The van der Waals surface area contributed by atoms with Crippen LogP contribution in [0.5, 0.6) is 17.2 Å². The van der Waals surface area contributed by atoms with Gasteiger partial charge in [-0.05, 0) is 62.7 Å². The van der Waals surface area contributed by atoms with Gasteiger partial charge in [0.25, 0.3) is 0 Å². The maximum atomic E-state index is 9.84. The molecule has 9 nitrogen and oxygen atoms in total. The number of pyridine rings is 1. The van der Waals surface area contributed by atoms with Crippen molar-refractivity contribution in [2.75, 3.05) is 72.0 Å². The van der Waals surface area contributed by atoms with E-state index in [4.69, 9.17) is 37.4 Å². The molecule has 0 radical (unpaired) electrons. The van der Waals surface area contributed by atoms with Crippen molar-refractivity contribution in [1.82, 2.24) is 20.1 Å². The van der Waals surface area contributed by atoms with Crippen LogP contribution in [-0.2, 0) is 0 Å². The molecule has 2 N–H and O–H groups in total. The van der Waals surface area contributed by atoms with Crippen molar-refractivity contribution in [2.45, 2.75) is 38.1 Å². The maximum Gasteiger partial charge on any atom is 0.163 e. The van der Waals surface area contributed by atoms with Crippen LogP contribution in [0.15, 0.2) is 30.5 Å². The average molecular weight is 640 g/mol. The Morgan fingerprint density at radius 1 is 1.00 bits per heavy atom. The van der Waals surface area contributed by atoms with Crippen molar-refractivity contribution in [1.29, 1.82) is 5.26 Å². The molecule has 2 saturated heterocycles. The zero-order valence-electron chi connectivity index (χ0n) is 25.4. The number of fused-ring (bicyclic) bond motifs is 1. The lowest BCUT2D eigenvalue weighted by molar-refractivity contribution is -0.0380. The number of methoxy groups -OCH3 is 2. The van der Waals surface area contributed by atoms with Crippen LogP contribution in [0, 0.1) is 16.7 Å². The second kappa shape index (κ2) is 13.6. The summed E-state index contributed by atoms with van der Waals surface area (Å²) >= 11 is 12.7. The minimum atomic E-state index is 0.362. The number of piperidine rings is 1. The number of nitrogens with zero attached hydrogens (tertiary/aromatic N) is 4. The fourth-order valence-electron chi connectivity index (χ4n) is 6.99. The predicted molar refractivity (Wildman–Crippen MR) is 175 cm³/mol. The van der Waals surface area contributed by atoms with Crippen LogP contribution in [-0.4, -0.2) is 87.5 Å². The maximum absolute atomic E-state index is 9.84. The van der Waals surface area contributed by atoms with Gasteiger partial charge in [0.2, 0.25) is 0 Å². The van der Waals surface area contributed by atoms with Gasteiger partial charge in [0.1, 0.15) is 11.8 Å². The Hall–Kier alpha value is -3.00. The van der Waals surface area contributed by atoms with Crippen LogP contribution in [0.2, 0.25) is 10.0 Å². The third-order valence-corrected chi connectivity index (χ3v) is 10.2. The average Bonchev–Trinajstić information content (AvgIpc) is 3.03. The summed E-state index contributed by atoms with van der Waals surface area (Å²) < 4.78 is 17.3.